The Labute approximate surface area is 103 Å². The molecule has 0 radical (unpaired) electrons. The lowest BCUT2D eigenvalue weighted by molar-refractivity contribution is 0.0255. The number of rotatable bonds is 5. The third-order valence-corrected chi connectivity index (χ3v) is 3.62. The maximum absolute atomic E-state index is 10.4. The maximum Gasteiger partial charge on any atom is 0.105 e. The van der Waals surface area contributed by atoms with Crippen LogP contribution in [0.2, 0.25) is 0 Å². The Morgan fingerprint density at radius 3 is 2.65 bits per heavy atom. The lowest BCUT2D eigenvalue weighted by Gasteiger charge is -2.26. The van der Waals surface area contributed by atoms with Gasteiger partial charge in [0.05, 0.1) is 11.9 Å². The van der Waals surface area contributed by atoms with E-state index in [-0.39, 0.29) is 0 Å². The van der Waals surface area contributed by atoms with Crippen LogP contribution in [0, 0.1) is 0 Å². The summed E-state index contributed by atoms with van der Waals surface area (Å²) in [6.45, 7) is 1.59. The molecule has 0 atom stereocenters. The fraction of sp³-hybridized carbons (Fsp3) is 0.714. The van der Waals surface area contributed by atoms with Crippen LogP contribution < -0.4 is 5.32 Å². The van der Waals surface area contributed by atoms with E-state index in [0.29, 0.717) is 6.54 Å². The van der Waals surface area contributed by atoms with Crippen LogP contribution in [0.1, 0.15) is 44.3 Å². The highest BCUT2D eigenvalue weighted by Crippen LogP contribution is 2.26. The smallest absolute Gasteiger partial charge is 0.105 e. The molecule has 0 aromatic carbocycles. The second-order valence-corrected chi connectivity index (χ2v) is 5.14. The van der Waals surface area contributed by atoms with Crippen molar-refractivity contribution in [3.8, 4) is 0 Å². The van der Waals surface area contributed by atoms with Crippen molar-refractivity contribution in [1.29, 1.82) is 0 Å². The standard InChI is InChI=1S/C14H23NO2/c16-14(8-3-1-2-4-9-14)12-15-10-7-13-6-5-11-17-13/h5-6,11,15-16H,1-4,7-10,12H2. The molecule has 17 heavy (non-hydrogen) atoms. The van der Waals surface area contributed by atoms with Crippen molar-refractivity contribution in [3.05, 3.63) is 24.2 Å². The molecule has 0 bridgehead atoms. The average molecular weight is 237 g/mol. The van der Waals surface area contributed by atoms with Crippen molar-refractivity contribution >= 4 is 0 Å². The van der Waals surface area contributed by atoms with Crippen molar-refractivity contribution in [2.75, 3.05) is 13.1 Å². The molecule has 3 heteroatoms. The molecule has 1 aromatic rings. The quantitative estimate of drug-likeness (QED) is 0.611. The Hall–Kier alpha value is -0.800. The Balaban J connectivity index is 1.66. The van der Waals surface area contributed by atoms with Crippen molar-refractivity contribution in [3.63, 3.8) is 0 Å². The zero-order valence-corrected chi connectivity index (χ0v) is 10.5. The summed E-state index contributed by atoms with van der Waals surface area (Å²) in [5, 5.41) is 13.8. The molecule has 2 rings (SSSR count). The van der Waals surface area contributed by atoms with Gasteiger partial charge in [0.1, 0.15) is 5.76 Å². The molecule has 2 N–H and O–H groups in total. The molecule has 0 amide bonds. The number of hydrogen-bond donors (Lipinski definition) is 2. The minimum atomic E-state index is -0.473. The van der Waals surface area contributed by atoms with E-state index >= 15 is 0 Å². The van der Waals surface area contributed by atoms with E-state index in [4.69, 9.17) is 4.42 Å². The molecule has 96 valence electrons. The summed E-state index contributed by atoms with van der Waals surface area (Å²) in [5.41, 5.74) is -0.473. The molecular weight excluding hydrogens is 214 g/mol. The van der Waals surface area contributed by atoms with Gasteiger partial charge in [-0.2, -0.15) is 0 Å². The van der Waals surface area contributed by atoms with Crippen molar-refractivity contribution in [1.82, 2.24) is 5.32 Å². The molecule has 1 aromatic heterocycles. The van der Waals surface area contributed by atoms with E-state index in [2.05, 4.69) is 5.32 Å². The zero-order chi connectivity index (χ0) is 12.0. The first-order chi connectivity index (χ1) is 8.29. The summed E-state index contributed by atoms with van der Waals surface area (Å²) in [4.78, 5) is 0. The second kappa shape index (κ2) is 6.22. The lowest BCUT2D eigenvalue weighted by atomic mass is 9.94. The zero-order valence-electron chi connectivity index (χ0n) is 10.5. The molecule has 1 aliphatic carbocycles. The van der Waals surface area contributed by atoms with Crippen molar-refractivity contribution in [2.45, 2.75) is 50.5 Å². The largest absolute Gasteiger partial charge is 0.469 e. The van der Waals surface area contributed by atoms with Gasteiger partial charge >= 0.3 is 0 Å². The molecule has 0 saturated heterocycles. The van der Waals surface area contributed by atoms with Crippen LogP contribution in [0.4, 0.5) is 0 Å². The normalized spacial score (nSPS) is 20.1. The van der Waals surface area contributed by atoms with Crippen LogP contribution in [0.15, 0.2) is 22.8 Å². The van der Waals surface area contributed by atoms with E-state index in [1.54, 1.807) is 6.26 Å². The molecule has 0 unspecified atom stereocenters. The number of aliphatic hydroxyl groups is 1. The van der Waals surface area contributed by atoms with Crippen molar-refractivity contribution < 1.29 is 9.52 Å². The van der Waals surface area contributed by atoms with E-state index in [0.717, 1.165) is 44.4 Å². The predicted octanol–water partition coefficient (Wildman–Crippen LogP) is 2.50. The third kappa shape index (κ3) is 4.17. The minimum Gasteiger partial charge on any atom is -0.469 e. The summed E-state index contributed by atoms with van der Waals surface area (Å²) in [7, 11) is 0. The molecule has 1 aliphatic rings. The maximum atomic E-state index is 10.4. The van der Waals surface area contributed by atoms with E-state index in [1.165, 1.54) is 12.8 Å². The predicted molar refractivity (Wildman–Crippen MR) is 67.9 cm³/mol. The molecule has 0 spiro atoms. The second-order valence-electron chi connectivity index (χ2n) is 5.14. The summed E-state index contributed by atoms with van der Waals surface area (Å²) in [5.74, 6) is 1.00. The van der Waals surface area contributed by atoms with E-state index < -0.39 is 5.60 Å². The average Bonchev–Trinajstić information content (AvgIpc) is 2.74. The van der Waals surface area contributed by atoms with Gasteiger partial charge in [-0.05, 0) is 25.0 Å². The highest BCUT2D eigenvalue weighted by atomic mass is 16.3. The summed E-state index contributed by atoms with van der Waals surface area (Å²) < 4.78 is 5.27. The highest BCUT2D eigenvalue weighted by Gasteiger charge is 2.27. The van der Waals surface area contributed by atoms with Gasteiger partial charge < -0.3 is 14.8 Å². The summed E-state index contributed by atoms with van der Waals surface area (Å²) >= 11 is 0. The first-order valence-corrected chi connectivity index (χ1v) is 6.74. The lowest BCUT2D eigenvalue weighted by Crippen LogP contribution is -2.40. The Morgan fingerprint density at radius 1 is 1.24 bits per heavy atom. The van der Waals surface area contributed by atoms with Crippen LogP contribution >= 0.6 is 0 Å². The third-order valence-electron chi connectivity index (χ3n) is 3.62. The van der Waals surface area contributed by atoms with Crippen molar-refractivity contribution in [2.24, 2.45) is 0 Å². The van der Waals surface area contributed by atoms with Crippen LogP contribution in [0.25, 0.3) is 0 Å². The highest BCUT2D eigenvalue weighted by molar-refractivity contribution is 4.98. The topological polar surface area (TPSA) is 45.4 Å². The molecule has 1 heterocycles. The monoisotopic (exact) mass is 237 g/mol. The van der Waals surface area contributed by atoms with Crippen LogP contribution in [-0.2, 0) is 6.42 Å². The first-order valence-electron chi connectivity index (χ1n) is 6.74. The van der Waals surface area contributed by atoms with Crippen LogP contribution in [-0.4, -0.2) is 23.8 Å². The fourth-order valence-electron chi connectivity index (χ4n) is 2.55. The fourth-order valence-corrected chi connectivity index (χ4v) is 2.55. The Kier molecular flexibility index (Phi) is 4.63. The number of nitrogens with one attached hydrogen (secondary N) is 1. The van der Waals surface area contributed by atoms with Gasteiger partial charge in [-0.15, -0.1) is 0 Å². The van der Waals surface area contributed by atoms with Gasteiger partial charge in [-0.25, -0.2) is 0 Å². The number of furan rings is 1. The van der Waals surface area contributed by atoms with Gasteiger partial charge in [-0.1, -0.05) is 25.7 Å². The first kappa shape index (κ1) is 12.7. The van der Waals surface area contributed by atoms with Crippen LogP contribution in [0.5, 0.6) is 0 Å². The Bertz CT molecular complexity index is 300. The van der Waals surface area contributed by atoms with Gasteiger partial charge in [0.2, 0.25) is 0 Å². The molecular formula is C14H23NO2. The van der Waals surface area contributed by atoms with E-state index in [1.807, 2.05) is 12.1 Å². The number of hydrogen-bond acceptors (Lipinski definition) is 3. The molecule has 3 nitrogen and oxygen atoms in total. The molecule has 0 aliphatic heterocycles. The SMILES string of the molecule is OC1(CNCCc2ccco2)CCCCCC1. The van der Waals surface area contributed by atoms with Gasteiger partial charge in [0, 0.05) is 19.5 Å². The van der Waals surface area contributed by atoms with Crippen LogP contribution in [0.3, 0.4) is 0 Å². The summed E-state index contributed by atoms with van der Waals surface area (Å²) in [6, 6.07) is 3.90. The Morgan fingerprint density at radius 2 is 2.00 bits per heavy atom. The van der Waals surface area contributed by atoms with E-state index in [9.17, 15) is 5.11 Å². The van der Waals surface area contributed by atoms with Gasteiger partial charge in [-0.3, -0.25) is 0 Å². The minimum absolute atomic E-state index is 0.473. The van der Waals surface area contributed by atoms with Gasteiger partial charge in [0.25, 0.3) is 0 Å². The molecule has 1 saturated carbocycles. The summed E-state index contributed by atoms with van der Waals surface area (Å²) in [6.07, 6.45) is 9.36. The van der Waals surface area contributed by atoms with Gasteiger partial charge in [0.15, 0.2) is 0 Å². The molecule has 1 fully saturated rings.